The van der Waals surface area contributed by atoms with Crippen molar-refractivity contribution in [3.05, 3.63) is 34.4 Å². The Morgan fingerprint density at radius 3 is 2.27 bits per heavy atom. The molecule has 1 heterocycles. The fourth-order valence-corrected chi connectivity index (χ4v) is 3.34. The Morgan fingerprint density at radius 2 is 1.68 bits per heavy atom. The SMILES string of the molecule is CC1(C)OB(CCc2cc3c(cc2C#N)CCC3)OC1(C)C. The number of nitriles is 1. The molecule has 1 aromatic carbocycles. The Labute approximate surface area is 133 Å². The third-order valence-electron chi connectivity index (χ3n) is 5.39. The number of nitrogens with zero attached hydrogens (tertiary/aromatic N) is 1. The van der Waals surface area contributed by atoms with Crippen LogP contribution in [0.2, 0.25) is 6.32 Å². The summed E-state index contributed by atoms with van der Waals surface area (Å²) in [5.41, 5.74) is 4.16. The molecule has 1 aromatic rings. The van der Waals surface area contributed by atoms with Crippen LogP contribution in [-0.4, -0.2) is 18.3 Å². The van der Waals surface area contributed by atoms with E-state index < -0.39 is 0 Å². The highest BCUT2D eigenvalue weighted by Crippen LogP contribution is 2.38. The molecule has 22 heavy (non-hydrogen) atoms. The van der Waals surface area contributed by atoms with Gasteiger partial charge in [0.2, 0.25) is 0 Å². The molecule has 0 saturated carbocycles. The van der Waals surface area contributed by atoms with Crippen LogP contribution in [0.1, 0.15) is 56.4 Å². The maximum absolute atomic E-state index is 9.40. The van der Waals surface area contributed by atoms with Gasteiger partial charge in [0.1, 0.15) is 0 Å². The Balaban J connectivity index is 1.72. The van der Waals surface area contributed by atoms with E-state index in [4.69, 9.17) is 9.31 Å². The van der Waals surface area contributed by atoms with Crippen molar-refractivity contribution < 1.29 is 9.31 Å². The van der Waals surface area contributed by atoms with Gasteiger partial charge in [-0.1, -0.05) is 6.07 Å². The minimum Gasteiger partial charge on any atom is -0.403 e. The zero-order chi connectivity index (χ0) is 16.0. The Bertz CT molecular complexity index is 615. The molecule has 1 aliphatic heterocycles. The molecule has 0 unspecified atom stereocenters. The second kappa shape index (κ2) is 5.40. The van der Waals surface area contributed by atoms with E-state index in [0.29, 0.717) is 0 Å². The topological polar surface area (TPSA) is 42.2 Å². The second-order valence-electron chi connectivity index (χ2n) is 7.47. The minimum absolute atomic E-state index is 0.190. The number of benzene rings is 1. The molecule has 0 radical (unpaired) electrons. The van der Waals surface area contributed by atoms with Crippen molar-refractivity contribution >= 4 is 7.12 Å². The van der Waals surface area contributed by atoms with E-state index in [2.05, 4.69) is 45.9 Å². The monoisotopic (exact) mass is 297 g/mol. The van der Waals surface area contributed by atoms with Gasteiger partial charge in [0.25, 0.3) is 0 Å². The lowest BCUT2D eigenvalue weighted by Crippen LogP contribution is -2.41. The summed E-state index contributed by atoms with van der Waals surface area (Å²) in [5.74, 6) is 0. The Morgan fingerprint density at radius 1 is 1.09 bits per heavy atom. The minimum atomic E-state index is -0.284. The van der Waals surface area contributed by atoms with E-state index in [0.717, 1.165) is 36.7 Å². The summed E-state index contributed by atoms with van der Waals surface area (Å²) in [7, 11) is -0.190. The molecule has 0 spiro atoms. The molecule has 0 atom stereocenters. The standard InChI is InChI=1S/C18H24BNO2/c1-17(2)18(3,4)22-19(21-17)9-8-15-10-13-6-5-7-14(13)11-16(15)12-20/h10-11H,5-9H2,1-4H3. The zero-order valence-corrected chi connectivity index (χ0v) is 14.0. The highest BCUT2D eigenvalue weighted by molar-refractivity contribution is 6.45. The molecule has 0 bridgehead atoms. The molecule has 2 aliphatic rings. The van der Waals surface area contributed by atoms with Crippen molar-refractivity contribution in [2.45, 2.75) is 70.9 Å². The number of fused-ring (bicyclic) bond motifs is 1. The quantitative estimate of drug-likeness (QED) is 0.799. The fourth-order valence-electron chi connectivity index (χ4n) is 3.34. The Hall–Kier alpha value is -1.31. The van der Waals surface area contributed by atoms with Gasteiger partial charge in [-0.3, -0.25) is 0 Å². The lowest BCUT2D eigenvalue weighted by Gasteiger charge is -2.32. The summed E-state index contributed by atoms with van der Waals surface area (Å²) in [6, 6.07) is 6.67. The number of aryl methyl sites for hydroxylation is 3. The van der Waals surface area contributed by atoms with E-state index in [-0.39, 0.29) is 18.3 Å². The summed E-state index contributed by atoms with van der Waals surface area (Å²) >= 11 is 0. The number of hydrogen-bond acceptors (Lipinski definition) is 3. The molecule has 3 nitrogen and oxygen atoms in total. The van der Waals surface area contributed by atoms with Crippen LogP contribution in [0.15, 0.2) is 12.1 Å². The van der Waals surface area contributed by atoms with Crippen LogP contribution in [0.4, 0.5) is 0 Å². The first-order valence-electron chi connectivity index (χ1n) is 8.23. The largest absolute Gasteiger partial charge is 0.458 e. The molecule has 4 heteroatoms. The molecule has 0 amide bonds. The smallest absolute Gasteiger partial charge is 0.403 e. The average molecular weight is 297 g/mol. The summed E-state index contributed by atoms with van der Waals surface area (Å²) in [4.78, 5) is 0. The Kier molecular flexibility index (Phi) is 3.83. The lowest BCUT2D eigenvalue weighted by molar-refractivity contribution is 0.00578. The van der Waals surface area contributed by atoms with Gasteiger partial charge in [0.15, 0.2) is 0 Å². The summed E-state index contributed by atoms with van der Waals surface area (Å²) in [6.07, 6.45) is 5.08. The first-order chi connectivity index (χ1) is 10.3. The molecule has 1 saturated heterocycles. The van der Waals surface area contributed by atoms with Crippen LogP contribution in [0.3, 0.4) is 0 Å². The van der Waals surface area contributed by atoms with Crippen LogP contribution < -0.4 is 0 Å². The van der Waals surface area contributed by atoms with Crippen molar-refractivity contribution in [3.63, 3.8) is 0 Å². The zero-order valence-electron chi connectivity index (χ0n) is 14.0. The van der Waals surface area contributed by atoms with Gasteiger partial charge in [-0.2, -0.15) is 5.26 Å². The first kappa shape index (κ1) is 15.6. The van der Waals surface area contributed by atoms with E-state index >= 15 is 0 Å². The predicted molar refractivity (Wildman–Crippen MR) is 87.8 cm³/mol. The molecular formula is C18H24BNO2. The van der Waals surface area contributed by atoms with Crippen LogP contribution >= 0.6 is 0 Å². The fraction of sp³-hybridized carbons (Fsp3) is 0.611. The van der Waals surface area contributed by atoms with Crippen molar-refractivity contribution in [1.29, 1.82) is 5.26 Å². The van der Waals surface area contributed by atoms with Crippen molar-refractivity contribution in [2.75, 3.05) is 0 Å². The third kappa shape index (κ3) is 2.68. The first-order valence-corrected chi connectivity index (χ1v) is 8.23. The van der Waals surface area contributed by atoms with Crippen LogP contribution in [0.5, 0.6) is 0 Å². The summed E-state index contributed by atoms with van der Waals surface area (Å²) < 4.78 is 12.1. The average Bonchev–Trinajstić information content (AvgIpc) is 2.97. The lowest BCUT2D eigenvalue weighted by atomic mass is 9.80. The number of rotatable bonds is 3. The van der Waals surface area contributed by atoms with Crippen LogP contribution in [0, 0.1) is 11.3 Å². The van der Waals surface area contributed by atoms with E-state index in [1.807, 2.05) is 0 Å². The summed E-state index contributed by atoms with van der Waals surface area (Å²) in [6.45, 7) is 8.29. The predicted octanol–water partition coefficient (Wildman–Crippen LogP) is 3.68. The molecule has 3 rings (SSSR count). The van der Waals surface area contributed by atoms with Crippen LogP contribution in [0.25, 0.3) is 0 Å². The van der Waals surface area contributed by atoms with Crippen molar-refractivity contribution in [1.82, 2.24) is 0 Å². The van der Waals surface area contributed by atoms with Crippen molar-refractivity contribution in [2.24, 2.45) is 0 Å². The molecule has 116 valence electrons. The maximum Gasteiger partial charge on any atom is 0.458 e. The van der Waals surface area contributed by atoms with Gasteiger partial charge >= 0.3 is 7.12 Å². The van der Waals surface area contributed by atoms with Gasteiger partial charge in [-0.25, -0.2) is 0 Å². The van der Waals surface area contributed by atoms with Gasteiger partial charge in [0, 0.05) is 0 Å². The molecule has 0 N–H and O–H groups in total. The normalized spacial score (nSPS) is 21.7. The van der Waals surface area contributed by atoms with Gasteiger partial charge in [-0.15, -0.1) is 0 Å². The summed E-state index contributed by atoms with van der Waals surface area (Å²) in [5, 5.41) is 9.40. The number of hydrogen-bond donors (Lipinski definition) is 0. The highest BCUT2D eigenvalue weighted by atomic mass is 16.7. The van der Waals surface area contributed by atoms with Gasteiger partial charge in [-0.05, 0) is 82.5 Å². The highest BCUT2D eigenvalue weighted by Gasteiger charge is 2.50. The van der Waals surface area contributed by atoms with Gasteiger partial charge in [0.05, 0.1) is 22.8 Å². The van der Waals surface area contributed by atoms with E-state index in [1.165, 1.54) is 17.5 Å². The maximum atomic E-state index is 9.40. The molecule has 1 aliphatic carbocycles. The molecular weight excluding hydrogens is 273 g/mol. The molecule has 0 aromatic heterocycles. The van der Waals surface area contributed by atoms with Gasteiger partial charge < -0.3 is 9.31 Å². The third-order valence-corrected chi connectivity index (χ3v) is 5.39. The van der Waals surface area contributed by atoms with Crippen LogP contribution in [-0.2, 0) is 28.6 Å². The van der Waals surface area contributed by atoms with Crippen molar-refractivity contribution in [3.8, 4) is 6.07 Å². The van der Waals surface area contributed by atoms with E-state index in [1.54, 1.807) is 0 Å². The molecule has 1 fully saturated rings. The van der Waals surface area contributed by atoms with E-state index in [9.17, 15) is 5.26 Å². The second-order valence-corrected chi connectivity index (χ2v) is 7.47.